The zero-order chi connectivity index (χ0) is 30.7. The van der Waals surface area contributed by atoms with Crippen LogP contribution in [0, 0.1) is 5.82 Å². The number of methoxy groups -OCH3 is 2. The second-order valence-corrected chi connectivity index (χ2v) is 10.9. The summed E-state index contributed by atoms with van der Waals surface area (Å²) in [6, 6.07) is 16.0. The van der Waals surface area contributed by atoms with Gasteiger partial charge in [0.25, 0.3) is 5.56 Å². The topological polar surface area (TPSA) is 88.4 Å². The Morgan fingerprint density at radius 2 is 1.86 bits per heavy atom. The fraction of sp³-hybridized carbons (Fsp3) is 0.219. The van der Waals surface area contributed by atoms with E-state index in [1.54, 1.807) is 63.4 Å². The maximum atomic E-state index is 14.2. The summed E-state index contributed by atoms with van der Waals surface area (Å²) >= 11 is 7.34. The third-order valence-electron chi connectivity index (χ3n) is 6.87. The molecule has 0 radical (unpaired) electrons. The Morgan fingerprint density at radius 3 is 2.53 bits per heavy atom. The Morgan fingerprint density at radius 1 is 1.09 bits per heavy atom. The number of hydrogen-bond acceptors (Lipinski definition) is 8. The quantitative estimate of drug-likeness (QED) is 0.239. The molecule has 0 N–H and O–H groups in total. The van der Waals surface area contributed by atoms with Gasteiger partial charge in [-0.15, -0.1) is 0 Å². The van der Waals surface area contributed by atoms with Crippen molar-refractivity contribution in [3.05, 3.63) is 119 Å². The Hall–Kier alpha value is -4.41. The van der Waals surface area contributed by atoms with Crippen molar-refractivity contribution in [3.8, 4) is 17.2 Å². The molecule has 3 aromatic carbocycles. The summed E-state index contributed by atoms with van der Waals surface area (Å²) in [6.07, 6.45) is 1.72. The monoisotopic (exact) mass is 622 g/mol. The van der Waals surface area contributed by atoms with Gasteiger partial charge in [-0.2, -0.15) is 0 Å². The van der Waals surface area contributed by atoms with E-state index in [4.69, 9.17) is 30.5 Å². The molecule has 1 aliphatic heterocycles. The van der Waals surface area contributed by atoms with Crippen LogP contribution in [0.4, 0.5) is 4.39 Å². The first kappa shape index (κ1) is 30.1. The Labute approximate surface area is 255 Å². The molecule has 11 heteroatoms. The molecule has 1 atom stereocenters. The van der Waals surface area contributed by atoms with Crippen molar-refractivity contribution in [2.75, 3.05) is 20.8 Å². The summed E-state index contributed by atoms with van der Waals surface area (Å²) in [5.74, 6) is 0.427. The Balaban J connectivity index is 1.54. The molecule has 43 heavy (non-hydrogen) atoms. The predicted octanol–water partition coefficient (Wildman–Crippen LogP) is 5.19. The van der Waals surface area contributed by atoms with Crippen molar-refractivity contribution >= 4 is 35.0 Å². The van der Waals surface area contributed by atoms with Gasteiger partial charge in [-0.3, -0.25) is 9.36 Å². The highest BCUT2D eigenvalue weighted by molar-refractivity contribution is 7.07. The van der Waals surface area contributed by atoms with Gasteiger partial charge in [0.2, 0.25) is 0 Å². The van der Waals surface area contributed by atoms with E-state index in [9.17, 15) is 14.0 Å². The molecule has 0 saturated carbocycles. The van der Waals surface area contributed by atoms with Gasteiger partial charge in [0.15, 0.2) is 16.3 Å². The van der Waals surface area contributed by atoms with Gasteiger partial charge < -0.3 is 18.9 Å². The number of carbonyl (C=O) groups excluding carboxylic acids is 1. The van der Waals surface area contributed by atoms with Crippen molar-refractivity contribution < 1.29 is 28.1 Å². The lowest BCUT2D eigenvalue weighted by Crippen LogP contribution is -2.39. The smallest absolute Gasteiger partial charge is 0.338 e. The predicted molar refractivity (Wildman–Crippen MR) is 162 cm³/mol. The third-order valence-corrected chi connectivity index (χ3v) is 8.20. The van der Waals surface area contributed by atoms with E-state index >= 15 is 0 Å². The van der Waals surface area contributed by atoms with Gasteiger partial charge in [-0.1, -0.05) is 47.2 Å². The molecule has 0 saturated heterocycles. The van der Waals surface area contributed by atoms with Crippen LogP contribution in [0.15, 0.2) is 81.7 Å². The maximum Gasteiger partial charge on any atom is 0.338 e. The number of carbonyl (C=O) groups is 1. The molecule has 0 aliphatic carbocycles. The van der Waals surface area contributed by atoms with Crippen LogP contribution in [-0.2, 0) is 16.1 Å². The molecule has 2 heterocycles. The van der Waals surface area contributed by atoms with E-state index in [2.05, 4.69) is 4.99 Å². The molecule has 0 spiro atoms. The number of hydrogen-bond donors (Lipinski definition) is 0. The van der Waals surface area contributed by atoms with Crippen molar-refractivity contribution in [2.24, 2.45) is 4.99 Å². The number of rotatable bonds is 9. The van der Waals surface area contributed by atoms with Gasteiger partial charge in [0, 0.05) is 5.56 Å². The minimum atomic E-state index is -0.737. The summed E-state index contributed by atoms with van der Waals surface area (Å²) in [5.41, 5.74) is 2.08. The second-order valence-electron chi connectivity index (χ2n) is 9.47. The highest BCUT2D eigenvalue weighted by Crippen LogP contribution is 2.32. The van der Waals surface area contributed by atoms with Crippen molar-refractivity contribution in [2.45, 2.75) is 26.5 Å². The molecular formula is C32H28ClFN2O6S. The number of halogens is 2. The van der Waals surface area contributed by atoms with E-state index in [0.717, 1.165) is 0 Å². The third kappa shape index (κ3) is 6.07. The van der Waals surface area contributed by atoms with Crippen LogP contribution >= 0.6 is 22.9 Å². The SMILES string of the molecule is CCOC(=O)C1=C(C)N=c2s/c(=C/c3ccc(OCc4c(F)cccc4Cl)c(OC)c3)c(=O)n2C1c1ccc(OC)cc1. The lowest BCUT2D eigenvalue weighted by Gasteiger charge is -2.24. The van der Waals surface area contributed by atoms with Crippen LogP contribution in [0.2, 0.25) is 5.02 Å². The minimum absolute atomic E-state index is 0.0900. The molecular weight excluding hydrogens is 595 g/mol. The number of esters is 1. The van der Waals surface area contributed by atoms with Crippen LogP contribution in [-0.4, -0.2) is 31.4 Å². The number of ether oxygens (including phenoxy) is 4. The van der Waals surface area contributed by atoms with Gasteiger partial charge >= 0.3 is 5.97 Å². The summed E-state index contributed by atoms with van der Waals surface area (Å²) in [6.45, 7) is 3.56. The molecule has 0 amide bonds. The minimum Gasteiger partial charge on any atom is -0.497 e. The molecule has 1 aromatic heterocycles. The van der Waals surface area contributed by atoms with Crippen LogP contribution in [0.25, 0.3) is 6.08 Å². The molecule has 1 unspecified atom stereocenters. The van der Waals surface area contributed by atoms with Crippen LogP contribution < -0.4 is 29.1 Å². The maximum absolute atomic E-state index is 14.2. The summed E-state index contributed by atoms with van der Waals surface area (Å²) in [4.78, 5) is 32.0. The van der Waals surface area contributed by atoms with Gasteiger partial charge in [-0.25, -0.2) is 14.2 Å². The first-order valence-electron chi connectivity index (χ1n) is 13.3. The van der Waals surface area contributed by atoms with Crippen LogP contribution in [0.5, 0.6) is 17.2 Å². The number of benzene rings is 3. The van der Waals surface area contributed by atoms with E-state index < -0.39 is 17.8 Å². The normalized spacial score (nSPS) is 14.7. The number of nitrogens with zero attached hydrogens (tertiary/aromatic N) is 2. The first-order valence-corrected chi connectivity index (χ1v) is 14.5. The number of allylic oxidation sites excluding steroid dienone is 1. The molecule has 4 aromatic rings. The van der Waals surface area contributed by atoms with Gasteiger partial charge in [0.1, 0.15) is 18.2 Å². The standard InChI is InChI=1S/C32H28ClFN2O6S/c1-5-41-31(38)28-18(2)35-32-36(29(28)20-10-12-21(39-3)13-11-20)30(37)27(43-32)16-19-9-14-25(26(15-19)40-4)42-17-22-23(33)7-6-8-24(22)34/h6-16,29H,5,17H2,1-4H3/b27-16+. The highest BCUT2D eigenvalue weighted by Gasteiger charge is 2.33. The Kier molecular flexibility index (Phi) is 8.98. The molecule has 222 valence electrons. The van der Waals surface area contributed by atoms with E-state index in [1.165, 1.54) is 35.1 Å². The van der Waals surface area contributed by atoms with E-state index in [-0.39, 0.29) is 29.4 Å². The average Bonchev–Trinajstić information content (AvgIpc) is 3.30. The van der Waals surface area contributed by atoms with E-state index in [0.29, 0.717) is 49.0 Å². The lowest BCUT2D eigenvalue weighted by molar-refractivity contribution is -0.139. The highest BCUT2D eigenvalue weighted by atomic mass is 35.5. The van der Waals surface area contributed by atoms with Crippen molar-refractivity contribution in [3.63, 3.8) is 0 Å². The zero-order valence-corrected chi connectivity index (χ0v) is 25.4. The number of aromatic nitrogens is 1. The fourth-order valence-corrected chi connectivity index (χ4v) is 6.02. The average molecular weight is 623 g/mol. The molecule has 8 nitrogen and oxygen atoms in total. The largest absolute Gasteiger partial charge is 0.497 e. The van der Waals surface area contributed by atoms with E-state index in [1.807, 2.05) is 12.1 Å². The second kappa shape index (κ2) is 12.8. The molecule has 0 fully saturated rings. The lowest BCUT2D eigenvalue weighted by atomic mass is 9.96. The number of thiazole rings is 1. The van der Waals surface area contributed by atoms with Crippen molar-refractivity contribution in [1.29, 1.82) is 0 Å². The van der Waals surface area contributed by atoms with Crippen LogP contribution in [0.3, 0.4) is 0 Å². The van der Waals surface area contributed by atoms with Gasteiger partial charge in [-0.05, 0) is 67.4 Å². The summed E-state index contributed by atoms with van der Waals surface area (Å²) in [7, 11) is 3.06. The summed E-state index contributed by atoms with van der Waals surface area (Å²) < 4.78 is 38.1. The zero-order valence-electron chi connectivity index (χ0n) is 23.9. The Bertz CT molecular complexity index is 1880. The van der Waals surface area contributed by atoms with Gasteiger partial charge in [0.05, 0.1) is 47.7 Å². The number of fused-ring (bicyclic) bond motifs is 1. The van der Waals surface area contributed by atoms with Crippen LogP contribution in [0.1, 0.15) is 36.6 Å². The van der Waals surface area contributed by atoms with Crippen molar-refractivity contribution in [1.82, 2.24) is 4.57 Å². The first-order chi connectivity index (χ1) is 20.7. The molecule has 1 aliphatic rings. The molecule has 0 bridgehead atoms. The summed E-state index contributed by atoms with van der Waals surface area (Å²) in [5, 5.41) is 0.264. The fourth-order valence-electron chi connectivity index (χ4n) is 4.76. The molecule has 5 rings (SSSR count).